The van der Waals surface area contributed by atoms with E-state index in [9.17, 15) is 9.59 Å². The molecule has 0 spiro atoms. The zero-order valence-corrected chi connectivity index (χ0v) is 22.2. The van der Waals surface area contributed by atoms with Crippen LogP contribution in [-0.4, -0.2) is 64.1 Å². The normalized spacial score (nSPS) is 14.4. The molecular weight excluding hydrogens is 464 g/mol. The molecule has 36 heavy (non-hydrogen) atoms. The van der Waals surface area contributed by atoms with Crippen molar-refractivity contribution in [2.45, 2.75) is 65.2 Å². The average Bonchev–Trinajstić information content (AvgIpc) is 3.37. The summed E-state index contributed by atoms with van der Waals surface area (Å²) in [5.41, 5.74) is 3.91. The number of H-pyrrole nitrogens is 1. The third-order valence-electron chi connectivity index (χ3n) is 5.70. The van der Waals surface area contributed by atoms with Crippen molar-refractivity contribution in [2.75, 3.05) is 47.3 Å². The number of aromatic nitrogens is 1. The van der Waals surface area contributed by atoms with Crippen molar-refractivity contribution in [3.63, 3.8) is 0 Å². The van der Waals surface area contributed by atoms with Gasteiger partial charge in [0.1, 0.15) is 13.2 Å². The predicted octanol–water partition coefficient (Wildman–Crippen LogP) is 4.03. The average molecular weight is 507 g/mol. The molecule has 0 aliphatic carbocycles. The van der Waals surface area contributed by atoms with E-state index in [1.165, 1.54) is 11.3 Å². The first-order valence-corrected chi connectivity index (χ1v) is 12.9. The Kier molecular flexibility index (Phi) is 13.8. The third kappa shape index (κ3) is 9.70. The second-order valence-corrected chi connectivity index (χ2v) is 8.55. The summed E-state index contributed by atoms with van der Waals surface area (Å²) in [6.07, 6.45) is 9.20. The maximum Gasteiger partial charge on any atom is 0.305 e. The van der Waals surface area contributed by atoms with Crippen molar-refractivity contribution in [3.05, 3.63) is 40.2 Å². The molecule has 0 fully saturated rings. The number of aromatic amines is 1. The molecule has 2 rings (SSSR count). The molecule has 202 valence electrons. The quantitative estimate of drug-likeness (QED) is 0.215. The summed E-state index contributed by atoms with van der Waals surface area (Å²) in [7, 11) is 3.17. The number of unbranched alkanes of at least 4 members (excludes halogenated alkanes) is 3. The van der Waals surface area contributed by atoms with Crippen LogP contribution in [0.2, 0.25) is 0 Å². The summed E-state index contributed by atoms with van der Waals surface area (Å²) in [6.45, 7) is 5.72. The van der Waals surface area contributed by atoms with Gasteiger partial charge < -0.3 is 34.0 Å². The van der Waals surface area contributed by atoms with Crippen molar-refractivity contribution in [1.29, 1.82) is 0 Å². The maximum atomic E-state index is 12.6. The van der Waals surface area contributed by atoms with Crippen LogP contribution in [-0.2, 0) is 46.1 Å². The number of carbonyl (C=O) groups is 2. The van der Waals surface area contributed by atoms with Crippen molar-refractivity contribution < 1.29 is 33.3 Å². The van der Waals surface area contributed by atoms with Gasteiger partial charge >= 0.3 is 5.97 Å². The molecule has 1 aliphatic heterocycles. The molecule has 9 heteroatoms. The zero-order valence-electron chi connectivity index (χ0n) is 22.2. The van der Waals surface area contributed by atoms with Crippen LogP contribution in [0.3, 0.4) is 0 Å². The van der Waals surface area contributed by atoms with Gasteiger partial charge in [-0.05, 0) is 56.7 Å². The van der Waals surface area contributed by atoms with E-state index in [4.69, 9.17) is 23.7 Å². The highest BCUT2D eigenvalue weighted by molar-refractivity contribution is 5.99. The second-order valence-electron chi connectivity index (χ2n) is 8.55. The van der Waals surface area contributed by atoms with E-state index in [2.05, 4.69) is 23.3 Å². The van der Waals surface area contributed by atoms with Crippen LogP contribution in [0.15, 0.2) is 23.3 Å². The lowest BCUT2D eigenvalue weighted by Crippen LogP contribution is -2.18. The first-order chi connectivity index (χ1) is 17.5. The minimum atomic E-state index is -0.343. The van der Waals surface area contributed by atoms with Gasteiger partial charge in [-0.3, -0.25) is 9.59 Å². The fourth-order valence-electron chi connectivity index (χ4n) is 3.88. The molecule has 2 N–H and O–H groups in total. The molecule has 1 aliphatic rings. The standard InChI is InChI=1S/C27H42N2O7/c1-5-7-11-20-18-21(28-22(20)12-9-8-10-13-24(30)34-6-2)19-23-25(35-16-14-32-3)26(27(31)29-23)36-17-15-33-4/h18-19,28H,5-17H2,1-4H3,(H,29,31). The summed E-state index contributed by atoms with van der Waals surface area (Å²) >= 11 is 0. The Bertz CT molecular complexity index is 889. The number of esters is 1. The molecule has 1 aromatic heterocycles. The highest BCUT2D eigenvalue weighted by atomic mass is 16.6. The molecular formula is C27H42N2O7. The van der Waals surface area contributed by atoms with Crippen LogP contribution in [0.1, 0.15) is 69.3 Å². The molecule has 0 saturated carbocycles. The Morgan fingerprint density at radius 1 is 0.917 bits per heavy atom. The highest BCUT2D eigenvalue weighted by Gasteiger charge is 2.31. The molecule has 0 radical (unpaired) electrons. The van der Waals surface area contributed by atoms with Gasteiger partial charge in [0.2, 0.25) is 5.76 Å². The van der Waals surface area contributed by atoms with Gasteiger partial charge in [-0.25, -0.2) is 0 Å². The van der Waals surface area contributed by atoms with Crippen molar-refractivity contribution >= 4 is 18.0 Å². The molecule has 1 amide bonds. The fourth-order valence-corrected chi connectivity index (χ4v) is 3.88. The number of amides is 1. The number of hydrogen-bond donors (Lipinski definition) is 2. The van der Waals surface area contributed by atoms with Crippen LogP contribution in [0.4, 0.5) is 0 Å². The summed E-state index contributed by atoms with van der Waals surface area (Å²) < 4.78 is 26.6. The highest BCUT2D eigenvalue weighted by Crippen LogP contribution is 2.26. The predicted molar refractivity (Wildman–Crippen MR) is 137 cm³/mol. The van der Waals surface area contributed by atoms with Gasteiger partial charge in [0.15, 0.2) is 5.76 Å². The minimum absolute atomic E-state index is 0.129. The SMILES string of the molecule is CCCCc1cc(C=C2NC(=O)C(OCCOC)=C2OCCOC)[nH]c1CCCCCC(=O)OCC. The molecule has 0 aromatic carbocycles. The lowest BCUT2D eigenvalue weighted by Gasteiger charge is -2.10. The zero-order chi connectivity index (χ0) is 26.2. The number of carbonyl (C=O) groups excluding carboxylic acids is 2. The Morgan fingerprint density at radius 3 is 2.31 bits per heavy atom. The van der Waals surface area contributed by atoms with Crippen molar-refractivity contribution in [1.82, 2.24) is 10.3 Å². The van der Waals surface area contributed by atoms with E-state index < -0.39 is 0 Å². The van der Waals surface area contributed by atoms with Crippen LogP contribution in [0, 0.1) is 0 Å². The van der Waals surface area contributed by atoms with Crippen LogP contribution >= 0.6 is 0 Å². The van der Waals surface area contributed by atoms with Gasteiger partial charge in [-0.15, -0.1) is 0 Å². The molecule has 0 unspecified atom stereocenters. The van der Waals surface area contributed by atoms with E-state index in [1.807, 2.05) is 13.0 Å². The fraction of sp³-hybridized carbons (Fsp3) is 0.630. The Morgan fingerprint density at radius 2 is 1.64 bits per heavy atom. The summed E-state index contributed by atoms with van der Waals surface area (Å²) in [5.74, 6) is 0.0485. The molecule has 0 saturated heterocycles. The number of aryl methyl sites for hydroxylation is 2. The van der Waals surface area contributed by atoms with Crippen molar-refractivity contribution in [2.24, 2.45) is 0 Å². The first-order valence-electron chi connectivity index (χ1n) is 12.9. The van der Waals surface area contributed by atoms with E-state index >= 15 is 0 Å². The molecule has 2 heterocycles. The van der Waals surface area contributed by atoms with Gasteiger partial charge in [-0.1, -0.05) is 19.8 Å². The molecule has 1 aromatic rings. The number of rotatable bonds is 19. The van der Waals surface area contributed by atoms with E-state index in [-0.39, 0.29) is 24.2 Å². The van der Waals surface area contributed by atoms with E-state index in [0.717, 1.165) is 50.6 Å². The van der Waals surface area contributed by atoms with Crippen LogP contribution in [0.5, 0.6) is 0 Å². The largest absolute Gasteiger partial charge is 0.485 e. The molecule has 9 nitrogen and oxygen atoms in total. The summed E-state index contributed by atoms with van der Waals surface area (Å²) in [6, 6.07) is 2.14. The maximum absolute atomic E-state index is 12.6. The number of methoxy groups -OCH3 is 2. The summed E-state index contributed by atoms with van der Waals surface area (Å²) in [4.78, 5) is 27.7. The minimum Gasteiger partial charge on any atom is -0.485 e. The van der Waals surface area contributed by atoms with Crippen LogP contribution in [0.25, 0.3) is 6.08 Å². The smallest absolute Gasteiger partial charge is 0.305 e. The van der Waals surface area contributed by atoms with E-state index in [1.54, 1.807) is 14.2 Å². The monoisotopic (exact) mass is 506 g/mol. The lowest BCUT2D eigenvalue weighted by atomic mass is 10.0. The number of nitrogens with one attached hydrogen (secondary N) is 2. The first kappa shape index (κ1) is 29.5. The van der Waals surface area contributed by atoms with Gasteiger partial charge in [0.05, 0.1) is 25.5 Å². The van der Waals surface area contributed by atoms with E-state index in [0.29, 0.717) is 44.3 Å². The molecule has 0 atom stereocenters. The van der Waals surface area contributed by atoms with Crippen LogP contribution < -0.4 is 5.32 Å². The van der Waals surface area contributed by atoms with Gasteiger partial charge in [0, 0.05) is 32.0 Å². The Labute approximate surface area is 214 Å². The molecule has 0 bridgehead atoms. The topological polar surface area (TPSA) is 108 Å². The van der Waals surface area contributed by atoms with Gasteiger partial charge in [-0.2, -0.15) is 0 Å². The Balaban J connectivity index is 2.15. The van der Waals surface area contributed by atoms with Gasteiger partial charge in [0.25, 0.3) is 5.91 Å². The third-order valence-corrected chi connectivity index (χ3v) is 5.70. The van der Waals surface area contributed by atoms with Crippen molar-refractivity contribution in [3.8, 4) is 0 Å². The second kappa shape index (κ2) is 16.8. The Hall–Kier alpha value is -2.78. The number of hydrogen-bond acceptors (Lipinski definition) is 7. The number of ether oxygens (including phenoxy) is 5. The lowest BCUT2D eigenvalue weighted by molar-refractivity contribution is -0.143. The summed E-state index contributed by atoms with van der Waals surface area (Å²) in [5, 5.41) is 2.86.